The molecule has 2 rings (SSSR count). The van der Waals surface area contributed by atoms with Crippen LogP contribution in [-0.4, -0.2) is 28.2 Å². The van der Waals surface area contributed by atoms with E-state index in [1.165, 1.54) is 0 Å². The largest absolute Gasteiger partial charge is 0.396 e. The van der Waals surface area contributed by atoms with Gasteiger partial charge in [0.2, 0.25) is 0 Å². The van der Waals surface area contributed by atoms with Crippen LogP contribution in [0.3, 0.4) is 0 Å². The number of aliphatic hydroxyl groups is 1. The van der Waals surface area contributed by atoms with Crippen molar-refractivity contribution in [2.75, 3.05) is 18.5 Å². The maximum atomic E-state index is 9.17. The molecule has 2 aromatic heterocycles. The highest BCUT2D eigenvalue weighted by molar-refractivity contribution is 7.16. The van der Waals surface area contributed by atoms with Crippen LogP contribution in [0.4, 0.5) is 5.82 Å². The molecule has 2 N–H and O–H groups in total. The minimum atomic E-state index is -0.146. The highest BCUT2D eigenvalue weighted by Crippen LogP contribution is 2.24. The second-order valence-electron chi connectivity index (χ2n) is 4.54. The number of rotatable bonds is 4. The van der Waals surface area contributed by atoms with Crippen molar-refractivity contribution in [2.45, 2.75) is 13.8 Å². The molecule has 0 aliphatic rings. The summed E-state index contributed by atoms with van der Waals surface area (Å²) >= 11 is 1.60. The monoisotopic (exact) mass is 237 g/mol. The van der Waals surface area contributed by atoms with Crippen molar-refractivity contribution < 1.29 is 5.11 Å². The van der Waals surface area contributed by atoms with E-state index in [0.717, 1.165) is 16.0 Å². The normalized spacial score (nSPS) is 11.9. The molecule has 2 aromatic rings. The third kappa shape index (κ3) is 2.31. The van der Waals surface area contributed by atoms with E-state index in [1.807, 2.05) is 25.3 Å². The van der Waals surface area contributed by atoms with E-state index in [1.54, 1.807) is 17.7 Å². The minimum Gasteiger partial charge on any atom is -0.396 e. The molecule has 0 unspecified atom stereocenters. The van der Waals surface area contributed by atoms with Gasteiger partial charge in [0.15, 0.2) is 0 Å². The molecule has 0 radical (unpaired) electrons. The maximum absolute atomic E-state index is 9.17. The summed E-state index contributed by atoms with van der Waals surface area (Å²) in [5.74, 6) is 0.841. The van der Waals surface area contributed by atoms with Crippen LogP contribution in [0.15, 0.2) is 17.8 Å². The Kier molecular flexibility index (Phi) is 3.07. The van der Waals surface area contributed by atoms with Crippen LogP contribution in [0.5, 0.6) is 0 Å². The van der Waals surface area contributed by atoms with Gasteiger partial charge in [0.1, 0.15) is 17.0 Å². The summed E-state index contributed by atoms with van der Waals surface area (Å²) in [6, 6.07) is 2.01. The number of fused-ring (bicyclic) bond motifs is 1. The zero-order chi connectivity index (χ0) is 11.6. The lowest BCUT2D eigenvalue weighted by atomic mass is 9.95. The van der Waals surface area contributed by atoms with Crippen LogP contribution in [-0.2, 0) is 0 Å². The summed E-state index contributed by atoms with van der Waals surface area (Å²) in [5.41, 5.74) is -0.146. The van der Waals surface area contributed by atoms with Crippen molar-refractivity contribution in [3.63, 3.8) is 0 Å². The summed E-state index contributed by atoms with van der Waals surface area (Å²) in [7, 11) is 0. The Hall–Kier alpha value is -1.20. The second-order valence-corrected chi connectivity index (χ2v) is 5.43. The highest BCUT2D eigenvalue weighted by Gasteiger charge is 2.16. The third-order valence-corrected chi connectivity index (χ3v) is 3.24. The number of nitrogens with zero attached hydrogens (tertiary/aromatic N) is 2. The average molecular weight is 237 g/mol. The Labute approximate surface area is 98.4 Å². The van der Waals surface area contributed by atoms with Crippen molar-refractivity contribution in [2.24, 2.45) is 5.41 Å². The molecular weight excluding hydrogens is 222 g/mol. The predicted molar refractivity (Wildman–Crippen MR) is 66.8 cm³/mol. The fraction of sp³-hybridized carbons (Fsp3) is 0.455. The van der Waals surface area contributed by atoms with E-state index in [9.17, 15) is 5.11 Å². The average Bonchev–Trinajstić information content (AvgIpc) is 2.75. The van der Waals surface area contributed by atoms with Crippen LogP contribution in [0.1, 0.15) is 13.8 Å². The van der Waals surface area contributed by atoms with Gasteiger partial charge in [-0.2, -0.15) is 0 Å². The molecule has 0 spiro atoms. The fourth-order valence-electron chi connectivity index (χ4n) is 1.31. The first-order valence-corrected chi connectivity index (χ1v) is 6.03. The standard InChI is InChI=1S/C11H15N3OS/c1-11(2,6-15)5-12-9-8-3-4-16-10(8)14-7-13-9/h3-4,7,15H,5-6H2,1-2H3,(H,12,13,14). The van der Waals surface area contributed by atoms with Crippen LogP contribution < -0.4 is 5.32 Å². The van der Waals surface area contributed by atoms with E-state index in [0.29, 0.717) is 6.54 Å². The lowest BCUT2D eigenvalue weighted by Gasteiger charge is -2.22. The van der Waals surface area contributed by atoms with Gasteiger partial charge < -0.3 is 10.4 Å². The molecule has 0 amide bonds. The van der Waals surface area contributed by atoms with Crippen molar-refractivity contribution in [3.05, 3.63) is 17.8 Å². The summed E-state index contributed by atoms with van der Waals surface area (Å²) in [5, 5.41) is 15.5. The first-order valence-electron chi connectivity index (χ1n) is 5.15. The predicted octanol–water partition coefficient (Wildman–Crippen LogP) is 2.12. The lowest BCUT2D eigenvalue weighted by Crippen LogP contribution is -2.27. The van der Waals surface area contributed by atoms with Crippen LogP contribution in [0.25, 0.3) is 10.2 Å². The molecule has 0 atom stereocenters. The van der Waals surface area contributed by atoms with Crippen LogP contribution in [0, 0.1) is 5.41 Å². The van der Waals surface area contributed by atoms with E-state index in [2.05, 4.69) is 15.3 Å². The van der Waals surface area contributed by atoms with E-state index in [-0.39, 0.29) is 12.0 Å². The van der Waals surface area contributed by atoms with Crippen molar-refractivity contribution in [3.8, 4) is 0 Å². The maximum Gasteiger partial charge on any atom is 0.138 e. The van der Waals surface area contributed by atoms with Gasteiger partial charge in [0.25, 0.3) is 0 Å². The first kappa shape index (κ1) is 11.3. The SMILES string of the molecule is CC(C)(CO)CNc1ncnc2sccc12. The van der Waals surface area contributed by atoms with Gasteiger partial charge in [0.05, 0.1) is 5.39 Å². The minimum absolute atomic E-state index is 0.146. The summed E-state index contributed by atoms with van der Waals surface area (Å²) in [4.78, 5) is 9.39. The smallest absolute Gasteiger partial charge is 0.138 e. The Morgan fingerprint density at radius 1 is 1.44 bits per heavy atom. The molecule has 4 nitrogen and oxygen atoms in total. The molecule has 0 aliphatic carbocycles. The highest BCUT2D eigenvalue weighted by atomic mass is 32.1. The molecule has 16 heavy (non-hydrogen) atoms. The molecule has 5 heteroatoms. The topological polar surface area (TPSA) is 58.0 Å². The Balaban J connectivity index is 2.18. The molecule has 0 aliphatic heterocycles. The molecule has 0 saturated carbocycles. The zero-order valence-corrected chi connectivity index (χ0v) is 10.2. The van der Waals surface area contributed by atoms with Gasteiger partial charge in [-0.1, -0.05) is 13.8 Å². The molecular formula is C11H15N3OS. The van der Waals surface area contributed by atoms with E-state index in [4.69, 9.17) is 0 Å². The van der Waals surface area contributed by atoms with Crippen molar-refractivity contribution in [1.29, 1.82) is 0 Å². The number of hydrogen-bond acceptors (Lipinski definition) is 5. The van der Waals surface area contributed by atoms with Gasteiger partial charge in [-0.15, -0.1) is 11.3 Å². The number of aliphatic hydroxyl groups excluding tert-OH is 1. The summed E-state index contributed by atoms with van der Waals surface area (Å²) in [6.45, 7) is 4.85. The molecule has 0 aromatic carbocycles. The van der Waals surface area contributed by atoms with E-state index < -0.39 is 0 Å². The molecule has 2 heterocycles. The fourth-order valence-corrected chi connectivity index (χ4v) is 2.04. The van der Waals surface area contributed by atoms with Gasteiger partial charge in [-0.25, -0.2) is 9.97 Å². The van der Waals surface area contributed by atoms with Gasteiger partial charge in [-0.05, 0) is 11.4 Å². The number of anilines is 1. The summed E-state index contributed by atoms with van der Waals surface area (Å²) < 4.78 is 0. The van der Waals surface area contributed by atoms with Crippen LogP contribution >= 0.6 is 11.3 Å². The van der Waals surface area contributed by atoms with Crippen LogP contribution in [0.2, 0.25) is 0 Å². The number of nitrogens with one attached hydrogen (secondary N) is 1. The van der Waals surface area contributed by atoms with Gasteiger partial charge >= 0.3 is 0 Å². The zero-order valence-electron chi connectivity index (χ0n) is 9.40. The lowest BCUT2D eigenvalue weighted by molar-refractivity contribution is 0.171. The molecule has 0 bridgehead atoms. The van der Waals surface area contributed by atoms with Gasteiger partial charge in [0, 0.05) is 18.6 Å². The Bertz CT molecular complexity index is 481. The molecule has 0 saturated heterocycles. The first-order chi connectivity index (χ1) is 7.62. The molecule has 86 valence electrons. The third-order valence-electron chi connectivity index (χ3n) is 2.42. The number of hydrogen-bond donors (Lipinski definition) is 2. The quantitative estimate of drug-likeness (QED) is 0.855. The second kappa shape index (κ2) is 4.35. The Morgan fingerprint density at radius 2 is 2.25 bits per heavy atom. The van der Waals surface area contributed by atoms with E-state index >= 15 is 0 Å². The molecule has 0 fully saturated rings. The summed E-state index contributed by atoms with van der Waals surface area (Å²) in [6.07, 6.45) is 1.56. The number of aromatic nitrogens is 2. The Morgan fingerprint density at radius 3 is 3.00 bits per heavy atom. The number of thiophene rings is 1. The van der Waals surface area contributed by atoms with Crippen molar-refractivity contribution in [1.82, 2.24) is 9.97 Å². The van der Waals surface area contributed by atoms with Gasteiger partial charge in [-0.3, -0.25) is 0 Å². The van der Waals surface area contributed by atoms with Crippen molar-refractivity contribution >= 4 is 27.4 Å².